The fourth-order valence-electron chi connectivity index (χ4n) is 2.52. The van der Waals surface area contributed by atoms with Crippen LogP contribution in [0.15, 0.2) is 5.38 Å². The zero-order chi connectivity index (χ0) is 16.4. The third kappa shape index (κ3) is 3.81. The van der Waals surface area contributed by atoms with Gasteiger partial charge in [0.05, 0.1) is 5.01 Å². The first-order valence-electron chi connectivity index (χ1n) is 7.06. The molecule has 23 heavy (non-hydrogen) atoms. The number of thiazole rings is 1. The lowest BCUT2D eigenvalue weighted by atomic mass is 9.99. The van der Waals surface area contributed by atoms with Gasteiger partial charge in [-0.25, -0.2) is 9.97 Å². The second-order valence-corrected chi connectivity index (χ2v) is 6.90. The molecular weight excluding hydrogens is 349 g/mol. The van der Waals surface area contributed by atoms with E-state index in [1.807, 2.05) is 0 Å². The lowest BCUT2D eigenvalue weighted by molar-refractivity contribution is -0.140. The highest BCUT2D eigenvalue weighted by Gasteiger charge is 2.35. The molecule has 0 N–H and O–H groups in total. The number of rotatable bonds is 4. The summed E-state index contributed by atoms with van der Waals surface area (Å²) in [6, 6.07) is 0. The van der Waals surface area contributed by atoms with Crippen LogP contribution in [0.5, 0.6) is 0 Å². The second-order valence-electron chi connectivity index (χ2n) is 5.28. The molecule has 1 fully saturated rings. The molecule has 10 heteroatoms. The van der Waals surface area contributed by atoms with Gasteiger partial charge in [0.15, 0.2) is 11.5 Å². The van der Waals surface area contributed by atoms with Crippen LogP contribution in [0.3, 0.4) is 0 Å². The lowest BCUT2D eigenvalue weighted by Crippen LogP contribution is -2.34. The average molecular weight is 364 g/mol. The Morgan fingerprint density at radius 2 is 2.22 bits per heavy atom. The summed E-state index contributed by atoms with van der Waals surface area (Å²) >= 11 is 2.37. The topological polar surface area (TPSA) is 51.1 Å². The minimum atomic E-state index is -4.38. The van der Waals surface area contributed by atoms with Gasteiger partial charge in [0.1, 0.15) is 6.61 Å². The van der Waals surface area contributed by atoms with Crippen LogP contribution in [0.25, 0.3) is 0 Å². The van der Waals surface area contributed by atoms with Crippen LogP contribution in [0.1, 0.15) is 35.3 Å². The number of anilines is 1. The molecule has 0 spiro atoms. The number of aromatic nitrogens is 3. The second kappa shape index (κ2) is 6.70. The zero-order valence-electron chi connectivity index (χ0n) is 12.3. The highest BCUT2D eigenvalue weighted by atomic mass is 32.1. The van der Waals surface area contributed by atoms with Gasteiger partial charge in [-0.15, -0.1) is 11.3 Å². The minimum absolute atomic E-state index is 0.000347. The molecule has 1 aliphatic heterocycles. The Kier molecular flexibility index (Phi) is 4.83. The van der Waals surface area contributed by atoms with Crippen molar-refractivity contribution >= 4 is 28.0 Å². The van der Waals surface area contributed by atoms with Crippen molar-refractivity contribution in [2.24, 2.45) is 0 Å². The predicted octanol–water partition coefficient (Wildman–Crippen LogP) is 3.54. The Morgan fingerprint density at radius 3 is 2.91 bits per heavy atom. The van der Waals surface area contributed by atoms with Gasteiger partial charge in [-0.2, -0.15) is 17.5 Å². The monoisotopic (exact) mass is 364 g/mol. The summed E-state index contributed by atoms with van der Waals surface area (Å²) in [4.78, 5) is 10.3. The van der Waals surface area contributed by atoms with Crippen LogP contribution < -0.4 is 4.90 Å². The van der Waals surface area contributed by atoms with E-state index in [-0.39, 0.29) is 5.92 Å². The van der Waals surface area contributed by atoms with Crippen molar-refractivity contribution < 1.29 is 17.9 Å². The number of piperidine rings is 1. The number of hydrogen-bond acceptors (Lipinski definition) is 7. The molecule has 5 nitrogen and oxygen atoms in total. The molecule has 0 amide bonds. The molecule has 0 radical (unpaired) electrons. The molecule has 0 saturated carbocycles. The first kappa shape index (κ1) is 16.6. The molecule has 2 aromatic rings. The predicted molar refractivity (Wildman–Crippen MR) is 81.9 cm³/mol. The summed E-state index contributed by atoms with van der Waals surface area (Å²) in [6.07, 6.45) is -2.65. The molecular formula is C13H15F3N4OS2. The highest BCUT2D eigenvalue weighted by molar-refractivity contribution is 7.10. The van der Waals surface area contributed by atoms with Gasteiger partial charge in [0.2, 0.25) is 5.13 Å². The van der Waals surface area contributed by atoms with Crippen molar-refractivity contribution in [3.05, 3.63) is 21.9 Å². The van der Waals surface area contributed by atoms with Gasteiger partial charge in [-0.05, 0) is 12.8 Å². The molecule has 1 unspecified atom stereocenters. The number of ether oxygens (including phenoxy) is 1. The van der Waals surface area contributed by atoms with Gasteiger partial charge in [0, 0.05) is 43.0 Å². The van der Waals surface area contributed by atoms with Crippen LogP contribution >= 0.6 is 22.9 Å². The summed E-state index contributed by atoms with van der Waals surface area (Å²) in [5, 5.41) is 2.42. The maximum absolute atomic E-state index is 12.7. The molecule has 3 rings (SSSR count). The van der Waals surface area contributed by atoms with E-state index in [2.05, 4.69) is 19.2 Å². The largest absolute Gasteiger partial charge is 0.434 e. The fourth-order valence-corrected chi connectivity index (χ4v) is 4.18. The third-order valence-electron chi connectivity index (χ3n) is 3.58. The first-order valence-corrected chi connectivity index (χ1v) is 8.71. The Morgan fingerprint density at radius 1 is 1.39 bits per heavy atom. The summed E-state index contributed by atoms with van der Waals surface area (Å²) < 4.78 is 47.3. The summed E-state index contributed by atoms with van der Waals surface area (Å²) in [5.74, 6) is 0.628. The maximum atomic E-state index is 12.7. The fraction of sp³-hybridized carbons (Fsp3) is 0.615. The van der Waals surface area contributed by atoms with E-state index in [4.69, 9.17) is 4.74 Å². The number of nitrogens with zero attached hydrogens (tertiary/aromatic N) is 4. The maximum Gasteiger partial charge on any atom is 0.434 e. The van der Waals surface area contributed by atoms with Gasteiger partial charge in [-0.1, -0.05) is 0 Å². The quantitative estimate of drug-likeness (QED) is 0.831. The van der Waals surface area contributed by atoms with E-state index >= 15 is 0 Å². The summed E-state index contributed by atoms with van der Waals surface area (Å²) in [6.45, 7) is 1.80. The first-order chi connectivity index (χ1) is 11.0. The number of methoxy groups -OCH3 is 1. The Bertz CT molecular complexity index is 658. The average Bonchev–Trinajstić information content (AvgIpc) is 3.16. The Hall–Kier alpha value is -1.26. The standard InChI is InChI=1S/C13H15F3N4OS2/c1-21-6-10-18-12(23-19-10)20-4-2-3-8(5-20)11-17-9(7-22-11)13(14,15)16/h7-8H,2-6H2,1H3. The van der Waals surface area contributed by atoms with Crippen molar-refractivity contribution in [1.29, 1.82) is 0 Å². The normalized spacial score (nSPS) is 19.3. The van der Waals surface area contributed by atoms with E-state index in [9.17, 15) is 13.2 Å². The molecule has 126 valence electrons. The lowest BCUT2D eigenvalue weighted by Gasteiger charge is -2.31. The van der Waals surface area contributed by atoms with Crippen molar-refractivity contribution in [2.45, 2.75) is 31.5 Å². The van der Waals surface area contributed by atoms with Gasteiger partial charge in [-0.3, -0.25) is 0 Å². The van der Waals surface area contributed by atoms with Crippen LogP contribution in [-0.2, 0) is 17.5 Å². The molecule has 1 saturated heterocycles. The summed E-state index contributed by atoms with van der Waals surface area (Å²) in [5.41, 5.74) is -0.798. The Labute approximate surface area is 139 Å². The number of alkyl halides is 3. The number of hydrogen-bond donors (Lipinski definition) is 0. The van der Waals surface area contributed by atoms with Crippen LogP contribution in [-0.4, -0.2) is 34.5 Å². The molecule has 0 bridgehead atoms. The van der Waals surface area contributed by atoms with E-state index in [0.29, 0.717) is 24.0 Å². The number of halogens is 3. The zero-order valence-corrected chi connectivity index (χ0v) is 14.0. The smallest absolute Gasteiger partial charge is 0.377 e. The third-order valence-corrected chi connectivity index (χ3v) is 5.41. The van der Waals surface area contributed by atoms with Gasteiger partial charge < -0.3 is 9.64 Å². The molecule has 0 aliphatic carbocycles. The van der Waals surface area contributed by atoms with Crippen LogP contribution in [0, 0.1) is 0 Å². The molecule has 1 atom stereocenters. The SMILES string of the molecule is COCc1nsc(N2CCCC(c3nc(C(F)(F)F)cs3)C2)n1. The van der Waals surface area contributed by atoms with Gasteiger partial charge >= 0.3 is 6.18 Å². The Balaban J connectivity index is 1.71. The molecule has 3 heterocycles. The van der Waals surface area contributed by atoms with Crippen molar-refractivity contribution in [3.8, 4) is 0 Å². The van der Waals surface area contributed by atoms with Crippen LogP contribution in [0.2, 0.25) is 0 Å². The van der Waals surface area contributed by atoms with Gasteiger partial charge in [0.25, 0.3) is 0 Å². The van der Waals surface area contributed by atoms with E-state index in [1.165, 1.54) is 11.5 Å². The highest BCUT2D eigenvalue weighted by Crippen LogP contribution is 2.36. The van der Waals surface area contributed by atoms with Crippen LogP contribution in [0.4, 0.5) is 18.3 Å². The van der Waals surface area contributed by atoms with E-state index in [0.717, 1.165) is 41.2 Å². The van der Waals surface area contributed by atoms with E-state index in [1.54, 1.807) is 7.11 Å². The van der Waals surface area contributed by atoms with Crippen molar-refractivity contribution in [1.82, 2.24) is 14.3 Å². The molecule has 1 aliphatic rings. The van der Waals surface area contributed by atoms with Crippen molar-refractivity contribution in [3.63, 3.8) is 0 Å². The minimum Gasteiger partial charge on any atom is -0.377 e. The summed E-state index contributed by atoms with van der Waals surface area (Å²) in [7, 11) is 1.58. The molecule has 0 aromatic carbocycles. The van der Waals surface area contributed by atoms with E-state index < -0.39 is 11.9 Å². The van der Waals surface area contributed by atoms with Crippen molar-refractivity contribution in [2.75, 3.05) is 25.1 Å². The molecule has 2 aromatic heterocycles.